The number of rotatable bonds is 6. The molecule has 1 unspecified atom stereocenters. The molecular formula is C10H20N2O3. The van der Waals surface area contributed by atoms with Gasteiger partial charge in [-0.15, -0.1) is 0 Å². The van der Waals surface area contributed by atoms with Gasteiger partial charge in [0.1, 0.15) is 0 Å². The zero-order valence-corrected chi connectivity index (χ0v) is 9.54. The Hall–Kier alpha value is -1.26. The van der Waals surface area contributed by atoms with Crippen molar-refractivity contribution in [1.29, 1.82) is 0 Å². The van der Waals surface area contributed by atoms with Gasteiger partial charge in [-0.3, -0.25) is 4.79 Å². The van der Waals surface area contributed by atoms with Gasteiger partial charge in [0.15, 0.2) is 0 Å². The summed E-state index contributed by atoms with van der Waals surface area (Å²) in [5, 5.41) is 14.0. The lowest BCUT2D eigenvalue weighted by atomic mass is 9.97. The van der Waals surface area contributed by atoms with Crippen molar-refractivity contribution in [2.75, 3.05) is 13.1 Å². The molecule has 5 nitrogen and oxygen atoms in total. The zero-order chi connectivity index (χ0) is 11.8. The number of aliphatic carboxylic acids is 1. The summed E-state index contributed by atoms with van der Waals surface area (Å²) in [7, 11) is 0. The second kappa shape index (κ2) is 7.09. The molecule has 0 saturated heterocycles. The highest BCUT2D eigenvalue weighted by Crippen LogP contribution is 2.10. The first-order chi connectivity index (χ1) is 6.97. The van der Waals surface area contributed by atoms with E-state index in [4.69, 9.17) is 5.11 Å². The maximum atomic E-state index is 11.0. The molecule has 0 heterocycles. The molecule has 0 aromatic rings. The smallest absolute Gasteiger partial charge is 0.314 e. The van der Waals surface area contributed by atoms with Gasteiger partial charge in [-0.2, -0.15) is 0 Å². The van der Waals surface area contributed by atoms with Gasteiger partial charge in [0.05, 0.1) is 5.92 Å². The summed E-state index contributed by atoms with van der Waals surface area (Å²) in [5.41, 5.74) is 0. The lowest BCUT2D eigenvalue weighted by Gasteiger charge is -2.15. The molecule has 0 saturated carbocycles. The van der Waals surface area contributed by atoms with E-state index in [1.165, 1.54) is 0 Å². The van der Waals surface area contributed by atoms with Crippen LogP contribution in [0.25, 0.3) is 0 Å². The quantitative estimate of drug-likeness (QED) is 0.621. The fraction of sp³-hybridized carbons (Fsp3) is 0.800. The van der Waals surface area contributed by atoms with E-state index in [9.17, 15) is 9.59 Å². The number of carbonyl (C=O) groups is 2. The fourth-order valence-corrected chi connectivity index (χ4v) is 1.28. The van der Waals surface area contributed by atoms with E-state index in [-0.39, 0.29) is 12.6 Å². The van der Waals surface area contributed by atoms with Gasteiger partial charge in [0, 0.05) is 13.1 Å². The molecule has 0 fully saturated rings. The van der Waals surface area contributed by atoms with Crippen LogP contribution in [-0.4, -0.2) is 30.2 Å². The van der Waals surface area contributed by atoms with E-state index < -0.39 is 11.9 Å². The molecule has 3 N–H and O–H groups in total. The maximum Gasteiger partial charge on any atom is 0.314 e. The zero-order valence-electron chi connectivity index (χ0n) is 9.54. The highest BCUT2D eigenvalue weighted by molar-refractivity contribution is 5.75. The Morgan fingerprint density at radius 2 is 1.87 bits per heavy atom. The first-order valence-electron chi connectivity index (χ1n) is 5.21. The van der Waals surface area contributed by atoms with Gasteiger partial charge >= 0.3 is 12.0 Å². The molecular weight excluding hydrogens is 196 g/mol. The van der Waals surface area contributed by atoms with Crippen LogP contribution >= 0.6 is 0 Å². The number of nitrogens with one attached hydrogen (secondary N) is 2. The van der Waals surface area contributed by atoms with E-state index >= 15 is 0 Å². The largest absolute Gasteiger partial charge is 0.481 e. The van der Waals surface area contributed by atoms with Gasteiger partial charge in [-0.25, -0.2) is 4.79 Å². The summed E-state index contributed by atoms with van der Waals surface area (Å²) in [4.78, 5) is 21.9. The average Bonchev–Trinajstić information content (AvgIpc) is 2.11. The third-order valence-electron chi connectivity index (χ3n) is 1.95. The molecule has 0 aromatic heterocycles. The molecule has 0 spiro atoms. The van der Waals surface area contributed by atoms with Crippen LogP contribution in [0.5, 0.6) is 0 Å². The Morgan fingerprint density at radius 1 is 1.27 bits per heavy atom. The van der Waals surface area contributed by atoms with Crippen molar-refractivity contribution in [2.45, 2.75) is 27.2 Å². The highest BCUT2D eigenvalue weighted by Gasteiger charge is 2.19. The molecule has 0 aliphatic rings. The van der Waals surface area contributed by atoms with Crippen LogP contribution in [0.2, 0.25) is 0 Å². The number of carboxylic acids is 1. The molecule has 1 atom stereocenters. The molecule has 5 heteroatoms. The number of amides is 2. The summed E-state index contributed by atoms with van der Waals surface area (Å²) in [6.07, 6.45) is 0.571. The predicted octanol–water partition coefficient (Wildman–Crippen LogP) is 1.05. The Balaban J connectivity index is 3.96. The number of carbonyl (C=O) groups excluding carboxylic acids is 1. The van der Waals surface area contributed by atoms with Crippen molar-refractivity contribution in [3.05, 3.63) is 0 Å². The van der Waals surface area contributed by atoms with E-state index in [1.54, 1.807) is 0 Å². The first-order valence-corrected chi connectivity index (χ1v) is 5.21. The Kier molecular flexibility index (Phi) is 6.49. The summed E-state index contributed by atoms with van der Waals surface area (Å²) in [5.74, 6) is -1.06. The molecule has 0 aromatic carbocycles. The fourth-order valence-electron chi connectivity index (χ4n) is 1.28. The lowest BCUT2D eigenvalue weighted by Crippen LogP contribution is -2.40. The minimum atomic E-state index is -0.861. The molecule has 0 aliphatic heterocycles. The van der Waals surface area contributed by atoms with Crippen molar-refractivity contribution >= 4 is 12.0 Å². The van der Waals surface area contributed by atoms with E-state index in [0.717, 1.165) is 0 Å². The molecule has 0 rings (SSSR count). The summed E-state index contributed by atoms with van der Waals surface area (Å²) >= 11 is 0. The SMILES string of the molecule is CCNC(=O)NCC(CC(C)C)C(=O)O. The minimum Gasteiger partial charge on any atom is -0.481 e. The van der Waals surface area contributed by atoms with Gasteiger partial charge in [0.25, 0.3) is 0 Å². The van der Waals surface area contributed by atoms with E-state index in [0.29, 0.717) is 18.9 Å². The van der Waals surface area contributed by atoms with Gasteiger partial charge < -0.3 is 15.7 Å². The highest BCUT2D eigenvalue weighted by atomic mass is 16.4. The number of urea groups is 1. The number of hydrogen-bond acceptors (Lipinski definition) is 2. The van der Waals surface area contributed by atoms with Gasteiger partial charge in [0.2, 0.25) is 0 Å². The lowest BCUT2D eigenvalue weighted by molar-refractivity contribution is -0.142. The number of hydrogen-bond donors (Lipinski definition) is 3. The first kappa shape index (κ1) is 13.7. The van der Waals surface area contributed by atoms with E-state index in [1.807, 2.05) is 20.8 Å². The Bertz CT molecular complexity index is 217. The van der Waals surface area contributed by atoms with Crippen molar-refractivity contribution in [2.24, 2.45) is 11.8 Å². The van der Waals surface area contributed by atoms with Crippen molar-refractivity contribution < 1.29 is 14.7 Å². The molecule has 0 aliphatic carbocycles. The minimum absolute atomic E-state index is 0.180. The van der Waals surface area contributed by atoms with Crippen LogP contribution in [0.3, 0.4) is 0 Å². The van der Waals surface area contributed by atoms with Crippen LogP contribution in [-0.2, 0) is 4.79 Å². The van der Waals surface area contributed by atoms with Gasteiger partial charge in [-0.1, -0.05) is 13.8 Å². The van der Waals surface area contributed by atoms with Crippen molar-refractivity contribution in [1.82, 2.24) is 10.6 Å². The Labute approximate surface area is 90.2 Å². The standard InChI is InChI=1S/C10H20N2O3/c1-4-11-10(15)12-6-8(9(13)14)5-7(2)3/h7-8H,4-6H2,1-3H3,(H,13,14)(H2,11,12,15). The Morgan fingerprint density at radius 3 is 2.27 bits per heavy atom. The second-order valence-corrected chi connectivity index (χ2v) is 3.91. The normalized spacial score (nSPS) is 12.3. The molecule has 0 radical (unpaired) electrons. The maximum absolute atomic E-state index is 11.0. The molecule has 88 valence electrons. The van der Waals surface area contributed by atoms with Crippen LogP contribution < -0.4 is 10.6 Å². The van der Waals surface area contributed by atoms with Gasteiger partial charge in [-0.05, 0) is 19.3 Å². The van der Waals surface area contributed by atoms with Crippen LogP contribution in [0.4, 0.5) is 4.79 Å². The number of carboxylic acid groups (broad SMARTS) is 1. The summed E-state index contributed by atoms with van der Waals surface area (Å²) in [6.45, 7) is 6.44. The predicted molar refractivity (Wildman–Crippen MR) is 57.7 cm³/mol. The summed E-state index contributed by atoms with van der Waals surface area (Å²) in [6, 6.07) is -0.312. The van der Waals surface area contributed by atoms with Crippen LogP contribution in [0, 0.1) is 11.8 Å². The summed E-state index contributed by atoms with van der Waals surface area (Å²) < 4.78 is 0. The molecule has 0 bridgehead atoms. The monoisotopic (exact) mass is 216 g/mol. The topological polar surface area (TPSA) is 78.4 Å². The van der Waals surface area contributed by atoms with Crippen molar-refractivity contribution in [3.63, 3.8) is 0 Å². The molecule has 2 amide bonds. The third-order valence-corrected chi connectivity index (χ3v) is 1.95. The average molecular weight is 216 g/mol. The van der Waals surface area contributed by atoms with Crippen LogP contribution in [0.15, 0.2) is 0 Å². The van der Waals surface area contributed by atoms with E-state index in [2.05, 4.69) is 10.6 Å². The molecule has 15 heavy (non-hydrogen) atoms. The van der Waals surface area contributed by atoms with Crippen molar-refractivity contribution in [3.8, 4) is 0 Å². The van der Waals surface area contributed by atoms with Crippen LogP contribution in [0.1, 0.15) is 27.2 Å². The third kappa shape index (κ3) is 6.76. The second-order valence-electron chi connectivity index (χ2n) is 3.91.